The lowest BCUT2D eigenvalue weighted by Gasteiger charge is -2.21. The van der Waals surface area contributed by atoms with E-state index in [9.17, 15) is 4.79 Å². The molecule has 1 fully saturated rings. The lowest BCUT2D eigenvalue weighted by atomic mass is 10.2. The van der Waals surface area contributed by atoms with Crippen LogP contribution in [0, 0.1) is 6.92 Å². The van der Waals surface area contributed by atoms with Crippen LogP contribution in [0.4, 0.5) is 5.69 Å². The normalized spacial score (nSPS) is 18.8. The van der Waals surface area contributed by atoms with Gasteiger partial charge >= 0.3 is 0 Å². The third-order valence-electron chi connectivity index (χ3n) is 3.41. The minimum absolute atomic E-state index is 0.0174. The fraction of sp³-hybridized carbons (Fsp3) is 0.533. The topological polar surface area (TPSA) is 41.1 Å². The van der Waals surface area contributed by atoms with Gasteiger partial charge in [0.1, 0.15) is 0 Å². The zero-order chi connectivity index (χ0) is 14.4. The Morgan fingerprint density at radius 3 is 3.05 bits per heavy atom. The van der Waals surface area contributed by atoms with Crippen LogP contribution in [0.1, 0.15) is 24.8 Å². The number of anilines is 1. The van der Waals surface area contributed by atoms with E-state index in [1.165, 1.54) is 25.0 Å². The lowest BCUT2D eigenvalue weighted by molar-refractivity contribution is -0.115. The highest BCUT2D eigenvalue weighted by molar-refractivity contribution is 7.99. The number of halogens is 1. The molecule has 2 N–H and O–H groups in total. The van der Waals surface area contributed by atoms with Gasteiger partial charge in [-0.1, -0.05) is 24.1 Å². The summed E-state index contributed by atoms with van der Waals surface area (Å²) < 4.78 is 0. The average Bonchev–Trinajstić information content (AvgIpc) is 2.44. The van der Waals surface area contributed by atoms with Crippen LogP contribution in [0.15, 0.2) is 18.2 Å². The molecule has 1 aromatic rings. The van der Waals surface area contributed by atoms with Crippen molar-refractivity contribution in [1.82, 2.24) is 5.32 Å². The number of carbonyl (C=O) groups excluding carboxylic acids is 1. The summed E-state index contributed by atoms with van der Waals surface area (Å²) in [6.07, 6.45) is 3.90. The molecular formula is C15H21ClN2OS. The third kappa shape index (κ3) is 5.00. The molecule has 2 rings (SSSR count). The predicted octanol–water partition coefficient (Wildman–Crippen LogP) is 3.46. The zero-order valence-electron chi connectivity index (χ0n) is 11.7. The Morgan fingerprint density at radius 2 is 2.30 bits per heavy atom. The van der Waals surface area contributed by atoms with E-state index in [-0.39, 0.29) is 5.91 Å². The van der Waals surface area contributed by atoms with Crippen LogP contribution in [0.3, 0.4) is 0 Å². The van der Waals surface area contributed by atoms with E-state index in [0.717, 1.165) is 17.8 Å². The van der Waals surface area contributed by atoms with Crippen molar-refractivity contribution < 1.29 is 4.79 Å². The van der Waals surface area contributed by atoms with Crippen LogP contribution in [0.25, 0.3) is 0 Å². The molecule has 0 aromatic heterocycles. The second-order valence-corrected chi connectivity index (χ2v) is 6.97. The van der Waals surface area contributed by atoms with Crippen LogP contribution in [0.2, 0.25) is 5.02 Å². The maximum absolute atomic E-state index is 11.9. The minimum Gasteiger partial charge on any atom is -0.325 e. The number of hydrogen-bond donors (Lipinski definition) is 2. The van der Waals surface area contributed by atoms with Crippen molar-refractivity contribution in [3.63, 3.8) is 0 Å². The number of nitrogens with one attached hydrogen (secondary N) is 2. The van der Waals surface area contributed by atoms with Gasteiger partial charge in [0, 0.05) is 22.5 Å². The molecule has 1 aromatic carbocycles. The smallest absolute Gasteiger partial charge is 0.238 e. The highest BCUT2D eigenvalue weighted by atomic mass is 35.5. The van der Waals surface area contributed by atoms with Gasteiger partial charge in [-0.25, -0.2) is 0 Å². The molecule has 0 spiro atoms. The molecule has 110 valence electrons. The van der Waals surface area contributed by atoms with E-state index in [2.05, 4.69) is 10.6 Å². The second-order valence-electron chi connectivity index (χ2n) is 5.13. The van der Waals surface area contributed by atoms with Crippen molar-refractivity contribution in [3.05, 3.63) is 28.8 Å². The molecule has 1 saturated heterocycles. The van der Waals surface area contributed by atoms with E-state index in [1.54, 1.807) is 6.07 Å². The first kappa shape index (κ1) is 15.7. The van der Waals surface area contributed by atoms with Crippen molar-refractivity contribution in [2.75, 3.05) is 24.2 Å². The molecule has 20 heavy (non-hydrogen) atoms. The molecule has 0 aliphatic carbocycles. The first-order valence-corrected chi connectivity index (χ1v) is 8.46. The first-order chi connectivity index (χ1) is 9.65. The largest absolute Gasteiger partial charge is 0.325 e. The Kier molecular flexibility index (Phi) is 6.20. The van der Waals surface area contributed by atoms with Gasteiger partial charge in [0.15, 0.2) is 0 Å². The molecule has 1 heterocycles. The predicted molar refractivity (Wildman–Crippen MR) is 87.8 cm³/mol. The van der Waals surface area contributed by atoms with Crippen LogP contribution in [-0.4, -0.2) is 30.0 Å². The number of hydrogen-bond acceptors (Lipinski definition) is 3. The number of carbonyl (C=O) groups is 1. The van der Waals surface area contributed by atoms with Gasteiger partial charge in [0.25, 0.3) is 0 Å². The molecule has 1 amide bonds. The molecule has 1 atom stereocenters. The SMILES string of the molecule is Cc1ccc(Cl)cc1NC(=O)CNCC1CCCCS1. The summed E-state index contributed by atoms with van der Waals surface area (Å²) in [6, 6.07) is 5.51. The Labute approximate surface area is 129 Å². The van der Waals surface area contributed by atoms with Crippen molar-refractivity contribution >= 4 is 35.0 Å². The highest BCUT2D eigenvalue weighted by Crippen LogP contribution is 2.24. The van der Waals surface area contributed by atoms with Crippen LogP contribution in [-0.2, 0) is 4.79 Å². The van der Waals surface area contributed by atoms with E-state index >= 15 is 0 Å². The molecule has 0 bridgehead atoms. The number of thioether (sulfide) groups is 1. The van der Waals surface area contributed by atoms with Crippen LogP contribution >= 0.6 is 23.4 Å². The molecule has 3 nitrogen and oxygen atoms in total. The van der Waals surface area contributed by atoms with Gasteiger partial charge < -0.3 is 10.6 Å². The van der Waals surface area contributed by atoms with Crippen LogP contribution in [0.5, 0.6) is 0 Å². The average molecular weight is 313 g/mol. The van der Waals surface area contributed by atoms with Crippen molar-refractivity contribution in [2.24, 2.45) is 0 Å². The Hall–Kier alpha value is -0.710. The summed E-state index contributed by atoms with van der Waals surface area (Å²) in [4.78, 5) is 11.9. The summed E-state index contributed by atoms with van der Waals surface area (Å²) in [6.45, 7) is 3.22. The van der Waals surface area contributed by atoms with Gasteiger partial charge in [-0.3, -0.25) is 4.79 Å². The van der Waals surface area contributed by atoms with Gasteiger partial charge in [-0.05, 0) is 43.2 Å². The Morgan fingerprint density at radius 1 is 1.45 bits per heavy atom. The van der Waals surface area contributed by atoms with Crippen molar-refractivity contribution in [2.45, 2.75) is 31.4 Å². The van der Waals surface area contributed by atoms with E-state index < -0.39 is 0 Å². The van der Waals surface area contributed by atoms with E-state index in [4.69, 9.17) is 11.6 Å². The van der Waals surface area contributed by atoms with Gasteiger partial charge in [0.05, 0.1) is 6.54 Å². The number of rotatable bonds is 5. The van der Waals surface area contributed by atoms with Crippen molar-refractivity contribution in [3.8, 4) is 0 Å². The first-order valence-electron chi connectivity index (χ1n) is 7.03. The quantitative estimate of drug-likeness (QED) is 0.875. The molecule has 1 aliphatic heterocycles. The number of aryl methyl sites for hydroxylation is 1. The Balaban J connectivity index is 1.73. The molecular weight excluding hydrogens is 292 g/mol. The van der Waals surface area contributed by atoms with Crippen LogP contribution < -0.4 is 10.6 Å². The maximum Gasteiger partial charge on any atom is 0.238 e. The number of benzene rings is 1. The van der Waals surface area contributed by atoms with Gasteiger partial charge in [-0.2, -0.15) is 11.8 Å². The summed E-state index contributed by atoms with van der Waals surface area (Å²) in [5.74, 6) is 1.23. The third-order valence-corrected chi connectivity index (χ3v) is 5.04. The lowest BCUT2D eigenvalue weighted by Crippen LogP contribution is -2.33. The molecule has 0 radical (unpaired) electrons. The van der Waals surface area contributed by atoms with Crippen molar-refractivity contribution in [1.29, 1.82) is 0 Å². The molecule has 5 heteroatoms. The fourth-order valence-electron chi connectivity index (χ4n) is 2.24. The zero-order valence-corrected chi connectivity index (χ0v) is 13.3. The minimum atomic E-state index is -0.0174. The molecule has 1 aliphatic rings. The summed E-state index contributed by atoms with van der Waals surface area (Å²) in [7, 11) is 0. The summed E-state index contributed by atoms with van der Waals surface area (Å²) in [5, 5.41) is 7.43. The highest BCUT2D eigenvalue weighted by Gasteiger charge is 2.13. The number of amides is 1. The fourth-order valence-corrected chi connectivity index (χ4v) is 3.68. The molecule has 0 saturated carbocycles. The maximum atomic E-state index is 11.9. The summed E-state index contributed by atoms with van der Waals surface area (Å²) in [5.41, 5.74) is 1.81. The second kappa shape index (κ2) is 7.91. The van der Waals surface area contributed by atoms with Gasteiger partial charge in [-0.15, -0.1) is 0 Å². The monoisotopic (exact) mass is 312 g/mol. The van der Waals surface area contributed by atoms with E-state index in [0.29, 0.717) is 16.8 Å². The standard InChI is InChI=1S/C15H21ClN2OS/c1-11-5-6-12(16)8-14(11)18-15(19)10-17-9-13-4-2-3-7-20-13/h5-6,8,13,17H,2-4,7,9-10H2,1H3,(H,18,19). The van der Waals surface area contributed by atoms with E-state index in [1.807, 2.05) is 30.8 Å². The summed E-state index contributed by atoms with van der Waals surface area (Å²) >= 11 is 7.95. The Bertz CT molecular complexity index is 461. The molecule has 1 unspecified atom stereocenters. The van der Waals surface area contributed by atoms with Gasteiger partial charge in [0.2, 0.25) is 5.91 Å².